The van der Waals surface area contributed by atoms with Crippen LogP contribution in [0.3, 0.4) is 0 Å². The van der Waals surface area contributed by atoms with Crippen LogP contribution in [-0.4, -0.2) is 0 Å². The summed E-state index contributed by atoms with van der Waals surface area (Å²) in [7, 11) is 0. The molecule has 0 aromatic heterocycles. The monoisotopic (exact) mass is 325 g/mol. The molecule has 0 radical (unpaired) electrons. The van der Waals surface area contributed by atoms with Crippen molar-refractivity contribution < 1.29 is 8.78 Å². The molecule has 1 atom stereocenters. The molecule has 0 aliphatic rings. The molecular formula is C15H14BrF2N. The Morgan fingerprint density at radius 3 is 2.21 bits per heavy atom. The molecule has 0 amide bonds. The van der Waals surface area contributed by atoms with E-state index in [1.165, 1.54) is 18.2 Å². The topological polar surface area (TPSA) is 26.0 Å². The third-order valence-electron chi connectivity index (χ3n) is 3.09. The minimum Gasteiger partial charge on any atom is -0.321 e. The largest absolute Gasteiger partial charge is 0.321 e. The molecule has 2 aromatic carbocycles. The lowest BCUT2D eigenvalue weighted by atomic mass is 9.86. The van der Waals surface area contributed by atoms with E-state index in [1.54, 1.807) is 6.92 Å². The lowest BCUT2D eigenvalue weighted by Crippen LogP contribution is -2.36. The summed E-state index contributed by atoms with van der Waals surface area (Å²) in [5.41, 5.74) is 6.22. The summed E-state index contributed by atoms with van der Waals surface area (Å²) in [6.07, 6.45) is 0.0914. The first kappa shape index (κ1) is 14.2. The molecular weight excluding hydrogens is 312 g/mol. The van der Waals surface area contributed by atoms with E-state index in [0.717, 1.165) is 10.0 Å². The summed E-state index contributed by atoms with van der Waals surface area (Å²) in [4.78, 5) is 0. The van der Waals surface area contributed by atoms with Crippen molar-refractivity contribution in [2.75, 3.05) is 0 Å². The Labute approximate surface area is 119 Å². The predicted molar refractivity (Wildman–Crippen MR) is 75.7 cm³/mol. The van der Waals surface area contributed by atoms with Gasteiger partial charge in [-0.1, -0.05) is 40.2 Å². The van der Waals surface area contributed by atoms with Crippen LogP contribution in [0, 0.1) is 11.6 Å². The highest BCUT2D eigenvalue weighted by molar-refractivity contribution is 9.10. The molecule has 2 aromatic rings. The standard InChI is InChI=1S/C15H14BrF2N/c1-15(19,11-5-2-3-6-12(11)16)9-10-13(17)7-4-8-14(10)18/h2-8H,9,19H2,1H3. The van der Waals surface area contributed by atoms with Crippen LogP contribution in [0.2, 0.25) is 0 Å². The Balaban J connectivity index is 2.39. The maximum atomic E-state index is 13.7. The highest BCUT2D eigenvalue weighted by atomic mass is 79.9. The van der Waals surface area contributed by atoms with Crippen LogP contribution in [0.15, 0.2) is 46.9 Å². The summed E-state index contributed by atoms with van der Waals surface area (Å²) in [5, 5.41) is 0. The number of halogens is 3. The maximum absolute atomic E-state index is 13.7. The smallest absolute Gasteiger partial charge is 0.129 e. The van der Waals surface area contributed by atoms with E-state index in [0.29, 0.717) is 0 Å². The second-order valence-electron chi connectivity index (χ2n) is 4.77. The van der Waals surface area contributed by atoms with Gasteiger partial charge >= 0.3 is 0 Å². The fourth-order valence-electron chi connectivity index (χ4n) is 2.09. The molecule has 4 heteroatoms. The van der Waals surface area contributed by atoms with Gasteiger partial charge < -0.3 is 5.73 Å². The van der Waals surface area contributed by atoms with E-state index < -0.39 is 17.2 Å². The van der Waals surface area contributed by atoms with Gasteiger partial charge in [0, 0.05) is 22.0 Å². The van der Waals surface area contributed by atoms with Crippen LogP contribution in [0.5, 0.6) is 0 Å². The Hall–Kier alpha value is -1.26. The zero-order chi connectivity index (χ0) is 14.0. The first-order chi connectivity index (χ1) is 8.92. The van der Waals surface area contributed by atoms with E-state index in [1.807, 2.05) is 24.3 Å². The maximum Gasteiger partial charge on any atom is 0.129 e. The molecule has 0 aliphatic heterocycles. The quantitative estimate of drug-likeness (QED) is 0.901. The Morgan fingerprint density at radius 1 is 1.05 bits per heavy atom. The number of rotatable bonds is 3. The summed E-state index contributed by atoms with van der Waals surface area (Å²) in [6, 6.07) is 11.3. The molecule has 1 unspecified atom stereocenters. The van der Waals surface area contributed by atoms with Crippen molar-refractivity contribution in [3.63, 3.8) is 0 Å². The molecule has 0 aliphatic carbocycles. The van der Waals surface area contributed by atoms with Crippen LogP contribution in [0.25, 0.3) is 0 Å². The van der Waals surface area contributed by atoms with Crippen molar-refractivity contribution in [3.8, 4) is 0 Å². The fraction of sp³-hybridized carbons (Fsp3) is 0.200. The van der Waals surface area contributed by atoms with Gasteiger partial charge in [0.15, 0.2) is 0 Å². The fourth-order valence-corrected chi connectivity index (χ4v) is 2.83. The van der Waals surface area contributed by atoms with Crippen LogP contribution in [-0.2, 0) is 12.0 Å². The Kier molecular flexibility index (Phi) is 4.02. The molecule has 0 fully saturated rings. The first-order valence-electron chi connectivity index (χ1n) is 5.88. The van der Waals surface area contributed by atoms with Gasteiger partial charge in [-0.3, -0.25) is 0 Å². The van der Waals surface area contributed by atoms with E-state index in [9.17, 15) is 8.78 Å². The molecule has 0 spiro atoms. The van der Waals surface area contributed by atoms with Gasteiger partial charge in [0.25, 0.3) is 0 Å². The number of benzene rings is 2. The van der Waals surface area contributed by atoms with Gasteiger partial charge in [-0.25, -0.2) is 8.78 Å². The molecule has 2 N–H and O–H groups in total. The Bertz CT molecular complexity index is 576. The number of nitrogens with two attached hydrogens (primary N) is 1. The van der Waals surface area contributed by atoms with Crippen LogP contribution < -0.4 is 5.73 Å². The summed E-state index contributed by atoms with van der Waals surface area (Å²) < 4.78 is 28.2. The van der Waals surface area contributed by atoms with Crippen LogP contribution in [0.1, 0.15) is 18.1 Å². The minimum atomic E-state index is -0.858. The zero-order valence-corrected chi connectivity index (χ0v) is 12.0. The molecule has 2 rings (SSSR count). The van der Waals surface area contributed by atoms with Crippen molar-refractivity contribution in [1.82, 2.24) is 0 Å². The van der Waals surface area contributed by atoms with E-state index >= 15 is 0 Å². The molecule has 0 saturated heterocycles. The Morgan fingerprint density at radius 2 is 1.63 bits per heavy atom. The molecule has 0 saturated carbocycles. The number of hydrogen-bond donors (Lipinski definition) is 1. The zero-order valence-electron chi connectivity index (χ0n) is 10.5. The minimum absolute atomic E-state index is 0.0169. The van der Waals surface area contributed by atoms with Crippen molar-refractivity contribution in [3.05, 3.63) is 69.7 Å². The summed E-state index contributed by atoms with van der Waals surface area (Å²) in [5.74, 6) is -1.13. The molecule has 19 heavy (non-hydrogen) atoms. The van der Waals surface area contributed by atoms with Gasteiger partial charge in [0.05, 0.1) is 0 Å². The molecule has 100 valence electrons. The predicted octanol–water partition coefficient (Wildman–Crippen LogP) is 4.14. The number of hydrogen-bond acceptors (Lipinski definition) is 1. The lowest BCUT2D eigenvalue weighted by molar-refractivity contribution is 0.453. The van der Waals surface area contributed by atoms with Crippen molar-refractivity contribution in [1.29, 1.82) is 0 Å². The highest BCUT2D eigenvalue weighted by Crippen LogP contribution is 2.30. The normalized spacial score (nSPS) is 14.2. The van der Waals surface area contributed by atoms with E-state index in [4.69, 9.17) is 5.73 Å². The summed E-state index contributed by atoms with van der Waals surface area (Å²) >= 11 is 3.41. The van der Waals surface area contributed by atoms with Crippen LogP contribution >= 0.6 is 15.9 Å². The highest BCUT2D eigenvalue weighted by Gasteiger charge is 2.26. The van der Waals surface area contributed by atoms with Gasteiger partial charge in [0.2, 0.25) is 0 Å². The second kappa shape index (κ2) is 5.39. The van der Waals surface area contributed by atoms with E-state index in [2.05, 4.69) is 15.9 Å². The average Bonchev–Trinajstić information content (AvgIpc) is 2.34. The third kappa shape index (κ3) is 3.01. The SMILES string of the molecule is CC(N)(Cc1c(F)cccc1F)c1ccccc1Br. The van der Waals surface area contributed by atoms with Crippen LogP contribution in [0.4, 0.5) is 8.78 Å². The van der Waals surface area contributed by atoms with Gasteiger partial charge in [0.1, 0.15) is 11.6 Å². The molecule has 1 nitrogen and oxygen atoms in total. The summed E-state index contributed by atoms with van der Waals surface area (Å²) in [6.45, 7) is 1.76. The van der Waals surface area contributed by atoms with Crippen molar-refractivity contribution in [2.45, 2.75) is 18.9 Å². The third-order valence-corrected chi connectivity index (χ3v) is 3.79. The van der Waals surface area contributed by atoms with Crippen molar-refractivity contribution >= 4 is 15.9 Å². The lowest BCUT2D eigenvalue weighted by Gasteiger charge is -2.27. The van der Waals surface area contributed by atoms with Gasteiger partial charge in [-0.15, -0.1) is 0 Å². The molecule has 0 heterocycles. The average molecular weight is 326 g/mol. The first-order valence-corrected chi connectivity index (χ1v) is 6.68. The van der Waals surface area contributed by atoms with Gasteiger partial charge in [-0.2, -0.15) is 0 Å². The van der Waals surface area contributed by atoms with Crippen molar-refractivity contribution in [2.24, 2.45) is 5.73 Å². The van der Waals surface area contributed by atoms with E-state index in [-0.39, 0.29) is 12.0 Å². The molecule has 0 bridgehead atoms. The second-order valence-corrected chi connectivity index (χ2v) is 5.63. The van der Waals surface area contributed by atoms with Gasteiger partial charge in [-0.05, 0) is 30.7 Å².